The highest BCUT2D eigenvalue weighted by atomic mass is 32.2. The molecule has 126 valence electrons. The summed E-state index contributed by atoms with van der Waals surface area (Å²) in [5.41, 5.74) is 2.28. The second-order valence-electron chi connectivity index (χ2n) is 5.67. The number of unbranched alkanes of at least 4 members (excludes halogenated alkanes) is 1. The van der Waals surface area contributed by atoms with Crippen molar-refractivity contribution in [2.45, 2.75) is 24.9 Å². The fourth-order valence-corrected chi connectivity index (χ4v) is 3.52. The average Bonchev–Trinajstić information content (AvgIpc) is 3.03. The minimum Gasteiger partial charge on any atom is -0.378 e. The summed E-state index contributed by atoms with van der Waals surface area (Å²) in [6.07, 6.45) is 1.43. The highest BCUT2D eigenvalue weighted by molar-refractivity contribution is 7.99. The molecule has 2 heterocycles. The van der Waals surface area contributed by atoms with Crippen LogP contribution in [-0.2, 0) is 4.74 Å². The van der Waals surface area contributed by atoms with E-state index in [0.717, 1.165) is 42.1 Å². The molecule has 0 amide bonds. The second-order valence-corrected chi connectivity index (χ2v) is 6.73. The van der Waals surface area contributed by atoms with E-state index in [9.17, 15) is 0 Å². The van der Waals surface area contributed by atoms with Gasteiger partial charge in [0.25, 0.3) is 0 Å². The molecular weight excluding hydrogens is 322 g/mol. The fraction of sp³-hybridized carbons (Fsp3) is 0.471. The van der Waals surface area contributed by atoms with Crippen molar-refractivity contribution in [1.29, 1.82) is 5.26 Å². The van der Waals surface area contributed by atoms with Gasteiger partial charge in [0.2, 0.25) is 5.95 Å². The number of nitrogens with zero attached hydrogens (tertiary/aromatic N) is 5. The van der Waals surface area contributed by atoms with Gasteiger partial charge in [0.15, 0.2) is 5.16 Å². The fourth-order valence-electron chi connectivity index (χ4n) is 2.63. The maximum absolute atomic E-state index is 8.69. The predicted octanol–water partition coefficient (Wildman–Crippen LogP) is 2.81. The molecule has 0 aliphatic carbocycles. The summed E-state index contributed by atoms with van der Waals surface area (Å²) in [5.74, 6) is 1.73. The molecule has 3 rings (SSSR count). The summed E-state index contributed by atoms with van der Waals surface area (Å²) in [6.45, 7) is 5.16. The van der Waals surface area contributed by atoms with E-state index in [-0.39, 0.29) is 0 Å². The second kappa shape index (κ2) is 8.18. The lowest BCUT2D eigenvalue weighted by Crippen LogP contribution is -2.37. The molecular formula is C17H21N5OS. The Hall–Kier alpha value is -2.04. The van der Waals surface area contributed by atoms with Gasteiger partial charge in [0.05, 0.1) is 25.0 Å². The van der Waals surface area contributed by atoms with Gasteiger partial charge >= 0.3 is 0 Å². The molecule has 7 heteroatoms. The number of hydrogen-bond donors (Lipinski definition) is 0. The number of aromatic nitrogens is 3. The molecule has 1 aliphatic rings. The van der Waals surface area contributed by atoms with Gasteiger partial charge in [-0.3, -0.25) is 4.57 Å². The summed E-state index contributed by atoms with van der Waals surface area (Å²) in [5, 5.41) is 18.4. The number of morpholine rings is 1. The predicted molar refractivity (Wildman–Crippen MR) is 94.7 cm³/mol. The Bertz CT molecular complexity index is 718. The molecule has 6 nitrogen and oxygen atoms in total. The van der Waals surface area contributed by atoms with Crippen LogP contribution in [0.3, 0.4) is 0 Å². The van der Waals surface area contributed by atoms with Gasteiger partial charge in [-0.2, -0.15) is 5.26 Å². The van der Waals surface area contributed by atoms with Crippen LogP contribution in [0.1, 0.15) is 18.4 Å². The Labute approximate surface area is 146 Å². The first kappa shape index (κ1) is 16.8. The van der Waals surface area contributed by atoms with Crippen LogP contribution >= 0.6 is 11.8 Å². The lowest BCUT2D eigenvalue weighted by Gasteiger charge is -2.28. The quantitative estimate of drug-likeness (QED) is 0.593. The Morgan fingerprint density at radius 2 is 2.12 bits per heavy atom. The monoisotopic (exact) mass is 343 g/mol. The Kier molecular flexibility index (Phi) is 5.72. The highest BCUT2D eigenvalue weighted by Crippen LogP contribution is 2.28. The third kappa shape index (κ3) is 3.89. The first-order chi connectivity index (χ1) is 11.8. The lowest BCUT2D eigenvalue weighted by atomic mass is 10.2. The van der Waals surface area contributed by atoms with Crippen molar-refractivity contribution in [3.05, 3.63) is 29.8 Å². The van der Waals surface area contributed by atoms with Crippen LogP contribution in [-0.4, -0.2) is 46.8 Å². The maximum Gasteiger partial charge on any atom is 0.232 e. The topological polar surface area (TPSA) is 67.0 Å². The van der Waals surface area contributed by atoms with Crippen LogP contribution < -0.4 is 4.90 Å². The van der Waals surface area contributed by atoms with Crippen molar-refractivity contribution in [1.82, 2.24) is 14.8 Å². The maximum atomic E-state index is 8.69. The molecule has 0 spiro atoms. The molecule has 0 radical (unpaired) electrons. The molecule has 0 atom stereocenters. The first-order valence-corrected chi connectivity index (χ1v) is 9.13. The SMILES string of the molecule is Cc1cccc(-n2c(SCCCC#N)nnc2N2CCOCC2)c1. The van der Waals surface area contributed by atoms with E-state index in [1.54, 1.807) is 11.8 Å². The average molecular weight is 343 g/mol. The zero-order valence-electron chi connectivity index (χ0n) is 13.8. The number of aryl methyl sites for hydroxylation is 1. The molecule has 0 N–H and O–H groups in total. The highest BCUT2D eigenvalue weighted by Gasteiger charge is 2.21. The minimum atomic E-state index is 0.571. The molecule has 1 aliphatic heterocycles. The van der Waals surface area contributed by atoms with Crippen molar-refractivity contribution >= 4 is 17.7 Å². The van der Waals surface area contributed by atoms with Crippen molar-refractivity contribution in [2.75, 3.05) is 37.0 Å². The number of anilines is 1. The first-order valence-electron chi connectivity index (χ1n) is 8.14. The third-order valence-corrected chi connectivity index (χ3v) is 4.85. The van der Waals surface area contributed by atoms with E-state index in [1.165, 1.54) is 5.56 Å². The Morgan fingerprint density at radius 3 is 2.88 bits per heavy atom. The van der Waals surface area contributed by atoms with Gasteiger partial charge in [-0.25, -0.2) is 0 Å². The minimum absolute atomic E-state index is 0.571. The van der Waals surface area contributed by atoms with E-state index >= 15 is 0 Å². The van der Waals surface area contributed by atoms with Crippen LogP contribution in [0, 0.1) is 18.3 Å². The summed E-state index contributed by atoms with van der Waals surface area (Å²) in [6, 6.07) is 10.6. The molecule has 1 fully saturated rings. The number of hydrogen-bond acceptors (Lipinski definition) is 6. The molecule has 0 unspecified atom stereocenters. The van der Waals surface area contributed by atoms with Gasteiger partial charge in [-0.15, -0.1) is 10.2 Å². The van der Waals surface area contributed by atoms with Crippen LogP contribution in [0.2, 0.25) is 0 Å². The summed E-state index contributed by atoms with van der Waals surface area (Å²) in [7, 11) is 0. The van der Waals surface area contributed by atoms with Crippen LogP contribution in [0.4, 0.5) is 5.95 Å². The van der Waals surface area contributed by atoms with Crippen molar-refractivity contribution in [2.24, 2.45) is 0 Å². The number of thioether (sulfide) groups is 1. The van der Waals surface area contributed by atoms with E-state index in [4.69, 9.17) is 10.00 Å². The molecule has 2 aromatic rings. The largest absolute Gasteiger partial charge is 0.378 e. The molecule has 24 heavy (non-hydrogen) atoms. The summed E-state index contributed by atoms with van der Waals surface area (Å²) in [4.78, 5) is 2.22. The third-order valence-electron chi connectivity index (χ3n) is 3.83. The lowest BCUT2D eigenvalue weighted by molar-refractivity contribution is 0.122. The van der Waals surface area contributed by atoms with Crippen LogP contribution in [0.25, 0.3) is 5.69 Å². The van der Waals surface area contributed by atoms with E-state index in [0.29, 0.717) is 19.6 Å². The zero-order chi connectivity index (χ0) is 16.8. The summed E-state index contributed by atoms with van der Waals surface area (Å²) >= 11 is 1.65. The van der Waals surface area contributed by atoms with Gasteiger partial charge < -0.3 is 9.64 Å². The van der Waals surface area contributed by atoms with Crippen molar-refractivity contribution < 1.29 is 4.74 Å². The Balaban J connectivity index is 1.91. The number of benzene rings is 1. The van der Waals surface area contributed by atoms with Crippen LogP contribution in [0.5, 0.6) is 0 Å². The summed E-state index contributed by atoms with van der Waals surface area (Å²) < 4.78 is 7.57. The molecule has 0 bridgehead atoms. The van der Waals surface area contributed by atoms with Crippen molar-refractivity contribution in [3.8, 4) is 11.8 Å². The van der Waals surface area contributed by atoms with E-state index < -0.39 is 0 Å². The molecule has 0 saturated carbocycles. The normalized spacial score (nSPS) is 14.6. The van der Waals surface area contributed by atoms with E-state index in [1.807, 2.05) is 0 Å². The standard InChI is InChI=1S/C17H21N5OS/c1-14-5-4-6-15(13-14)22-16(21-8-10-23-11-9-21)19-20-17(22)24-12-3-2-7-18/h4-6,13H,2-3,8-12H2,1H3. The number of rotatable bonds is 6. The van der Waals surface area contributed by atoms with Gasteiger partial charge in [0, 0.05) is 25.3 Å². The van der Waals surface area contributed by atoms with Crippen molar-refractivity contribution in [3.63, 3.8) is 0 Å². The van der Waals surface area contributed by atoms with Crippen LogP contribution in [0.15, 0.2) is 29.4 Å². The van der Waals surface area contributed by atoms with Gasteiger partial charge in [-0.05, 0) is 31.0 Å². The number of nitriles is 1. The Morgan fingerprint density at radius 1 is 1.29 bits per heavy atom. The van der Waals surface area contributed by atoms with E-state index in [2.05, 4.69) is 56.9 Å². The van der Waals surface area contributed by atoms with Gasteiger partial charge in [0.1, 0.15) is 0 Å². The molecule has 1 aromatic heterocycles. The smallest absolute Gasteiger partial charge is 0.232 e. The van der Waals surface area contributed by atoms with Gasteiger partial charge in [-0.1, -0.05) is 23.9 Å². The zero-order valence-corrected chi connectivity index (χ0v) is 14.6. The number of ether oxygens (including phenoxy) is 1. The molecule has 1 saturated heterocycles. The molecule has 1 aromatic carbocycles.